The fraction of sp³-hybridized carbons (Fsp3) is 0.136. The van der Waals surface area contributed by atoms with Gasteiger partial charge in [-0.1, -0.05) is 48.5 Å². The molecule has 0 bridgehead atoms. The van der Waals surface area contributed by atoms with Crippen LogP contribution in [-0.4, -0.2) is 26.7 Å². The van der Waals surface area contributed by atoms with E-state index < -0.39 is 0 Å². The first-order chi connectivity index (χ1) is 13.7. The second-order valence-corrected chi connectivity index (χ2v) is 6.41. The van der Waals surface area contributed by atoms with Crippen LogP contribution in [0.4, 0.5) is 0 Å². The predicted octanol–water partition coefficient (Wildman–Crippen LogP) is 3.71. The molecule has 0 amide bonds. The minimum atomic E-state index is -0.267. The van der Waals surface area contributed by atoms with Crippen LogP contribution in [0, 0.1) is 0 Å². The maximum Gasteiger partial charge on any atom is 0.251 e. The van der Waals surface area contributed by atoms with E-state index in [0.717, 1.165) is 11.3 Å². The first-order valence-electron chi connectivity index (χ1n) is 9.01. The molecule has 0 N–H and O–H groups in total. The highest BCUT2D eigenvalue weighted by Crippen LogP contribution is 2.23. The quantitative estimate of drug-likeness (QED) is 0.536. The lowest BCUT2D eigenvalue weighted by molar-refractivity contribution is 0.397. The molecule has 0 spiro atoms. The Balaban J connectivity index is 1.87. The third-order valence-corrected chi connectivity index (χ3v) is 4.69. The zero-order chi connectivity index (χ0) is 19.5. The summed E-state index contributed by atoms with van der Waals surface area (Å²) in [6.45, 7) is 2.03. The Morgan fingerprint density at radius 2 is 1.64 bits per heavy atom. The van der Waals surface area contributed by atoms with Gasteiger partial charge in [0.25, 0.3) is 5.43 Å². The first kappa shape index (κ1) is 17.7. The van der Waals surface area contributed by atoms with Gasteiger partial charge in [-0.15, -0.1) is 0 Å². The Bertz CT molecular complexity index is 1130. The van der Waals surface area contributed by atoms with Crippen molar-refractivity contribution in [3.8, 4) is 22.8 Å². The van der Waals surface area contributed by atoms with Crippen LogP contribution in [0.25, 0.3) is 17.1 Å². The van der Waals surface area contributed by atoms with Gasteiger partial charge in [0.05, 0.1) is 36.9 Å². The summed E-state index contributed by atoms with van der Waals surface area (Å²) in [5, 5.41) is 9.03. The van der Waals surface area contributed by atoms with Crippen LogP contribution in [-0.2, 0) is 0 Å². The average Bonchev–Trinajstić information content (AvgIpc) is 3.24. The van der Waals surface area contributed by atoms with Crippen LogP contribution < -0.4 is 10.2 Å². The molecule has 0 fully saturated rings. The Morgan fingerprint density at radius 3 is 2.32 bits per heavy atom. The summed E-state index contributed by atoms with van der Waals surface area (Å²) in [6, 6.07) is 21.4. The summed E-state index contributed by atoms with van der Waals surface area (Å²) < 4.78 is 8.82. The number of para-hydroxylation sites is 1. The van der Waals surface area contributed by atoms with Gasteiger partial charge >= 0.3 is 0 Å². The van der Waals surface area contributed by atoms with Gasteiger partial charge in [0.2, 0.25) is 0 Å². The van der Waals surface area contributed by atoms with Crippen LogP contribution in [0.2, 0.25) is 0 Å². The molecular weight excluding hydrogens is 352 g/mol. The van der Waals surface area contributed by atoms with Gasteiger partial charge in [0.15, 0.2) is 11.4 Å². The van der Waals surface area contributed by atoms with Crippen molar-refractivity contribution >= 4 is 0 Å². The Morgan fingerprint density at radius 1 is 0.964 bits per heavy atom. The zero-order valence-corrected chi connectivity index (χ0v) is 15.7. The fourth-order valence-electron chi connectivity index (χ4n) is 3.14. The van der Waals surface area contributed by atoms with Crippen molar-refractivity contribution in [2.45, 2.75) is 13.0 Å². The number of ether oxygens (including phenoxy) is 1. The Hall–Kier alpha value is -3.67. The maximum absolute atomic E-state index is 13.0. The third kappa shape index (κ3) is 3.20. The largest absolute Gasteiger partial charge is 0.491 e. The molecule has 28 heavy (non-hydrogen) atoms. The maximum atomic E-state index is 13.0. The lowest BCUT2D eigenvalue weighted by Crippen LogP contribution is -2.20. The van der Waals surface area contributed by atoms with Crippen molar-refractivity contribution in [3.05, 3.63) is 94.9 Å². The monoisotopic (exact) mass is 372 g/mol. The number of methoxy groups -OCH3 is 1. The van der Waals surface area contributed by atoms with Crippen molar-refractivity contribution in [2.24, 2.45) is 0 Å². The molecule has 1 unspecified atom stereocenters. The van der Waals surface area contributed by atoms with Crippen LogP contribution in [0.15, 0.2) is 83.9 Å². The normalized spacial score (nSPS) is 11.9. The highest BCUT2D eigenvalue weighted by Gasteiger charge is 2.19. The van der Waals surface area contributed by atoms with Gasteiger partial charge in [-0.25, -0.2) is 4.68 Å². The van der Waals surface area contributed by atoms with Crippen molar-refractivity contribution in [2.75, 3.05) is 7.11 Å². The minimum absolute atomic E-state index is 0.0671. The third-order valence-electron chi connectivity index (χ3n) is 4.69. The predicted molar refractivity (Wildman–Crippen MR) is 108 cm³/mol. The van der Waals surface area contributed by atoms with Crippen molar-refractivity contribution in [1.29, 1.82) is 0 Å². The SMILES string of the molecule is COc1cn(C(C)c2ccccc2)nc(-c2ccnn2-c2ccccc2)c1=O. The van der Waals surface area contributed by atoms with Crippen LogP contribution in [0.1, 0.15) is 18.5 Å². The van der Waals surface area contributed by atoms with Gasteiger partial charge in [-0.3, -0.25) is 9.48 Å². The van der Waals surface area contributed by atoms with E-state index in [1.54, 1.807) is 27.8 Å². The van der Waals surface area contributed by atoms with E-state index in [1.165, 1.54) is 7.11 Å². The van der Waals surface area contributed by atoms with Crippen LogP contribution in [0.3, 0.4) is 0 Å². The summed E-state index contributed by atoms with van der Waals surface area (Å²) in [6.07, 6.45) is 3.31. The molecular formula is C22H20N4O2. The molecule has 0 radical (unpaired) electrons. The molecule has 0 aliphatic heterocycles. The van der Waals surface area contributed by atoms with E-state index in [4.69, 9.17) is 4.74 Å². The Labute approximate surface area is 162 Å². The zero-order valence-electron chi connectivity index (χ0n) is 15.7. The van der Waals surface area contributed by atoms with Crippen LogP contribution >= 0.6 is 0 Å². The first-order valence-corrected chi connectivity index (χ1v) is 9.01. The molecule has 6 nitrogen and oxygen atoms in total. The van der Waals surface area contributed by atoms with E-state index >= 15 is 0 Å². The highest BCUT2D eigenvalue weighted by atomic mass is 16.5. The topological polar surface area (TPSA) is 61.9 Å². The second-order valence-electron chi connectivity index (χ2n) is 6.41. The van der Waals surface area contributed by atoms with E-state index in [2.05, 4.69) is 10.2 Å². The van der Waals surface area contributed by atoms with Crippen molar-refractivity contribution < 1.29 is 4.74 Å². The summed E-state index contributed by atoms with van der Waals surface area (Å²) in [4.78, 5) is 13.0. The molecule has 0 saturated heterocycles. The van der Waals surface area contributed by atoms with Gasteiger partial charge in [0, 0.05) is 0 Å². The molecule has 2 aromatic carbocycles. The number of rotatable bonds is 5. The minimum Gasteiger partial charge on any atom is -0.491 e. The number of hydrogen-bond acceptors (Lipinski definition) is 4. The molecule has 2 heterocycles. The second kappa shape index (κ2) is 7.52. The number of aromatic nitrogens is 4. The number of nitrogens with zero attached hydrogens (tertiary/aromatic N) is 4. The average molecular weight is 372 g/mol. The summed E-state index contributed by atoms with van der Waals surface area (Å²) in [7, 11) is 1.49. The number of benzene rings is 2. The molecule has 140 valence electrons. The van der Waals surface area contributed by atoms with E-state index in [0.29, 0.717) is 11.4 Å². The molecule has 4 rings (SSSR count). The molecule has 0 aliphatic rings. The molecule has 4 aromatic rings. The van der Waals surface area contributed by atoms with Gasteiger partial charge < -0.3 is 4.74 Å². The molecule has 0 aliphatic carbocycles. The van der Waals surface area contributed by atoms with E-state index in [9.17, 15) is 4.79 Å². The summed E-state index contributed by atoms with van der Waals surface area (Å²) >= 11 is 0. The smallest absolute Gasteiger partial charge is 0.251 e. The van der Waals surface area contributed by atoms with Crippen molar-refractivity contribution in [3.63, 3.8) is 0 Å². The fourth-order valence-corrected chi connectivity index (χ4v) is 3.14. The lowest BCUT2D eigenvalue weighted by Gasteiger charge is -2.17. The molecule has 1 atom stereocenters. The van der Waals surface area contributed by atoms with Gasteiger partial charge in [0.1, 0.15) is 0 Å². The highest BCUT2D eigenvalue weighted by molar-refractivity contribution is 5.58. The summed E-state index contributed by atoms with van der Waals surface area (Å²) in [5.74, 6) is 0.244. The lowest BCUT2D eigenvalue weighted by atomic mass is 10.1. The van der Waals surface area contributed by atoms with Crippen LogP contribution in [0.5, 0.6) is 5.75 Å². The van der Waals surface area contributed by atoms with E-state index in [1.807, 2.05) is 67.6 Å². The standard InChI is InChI=1S/C22H20N4O2/c1-16(17-9-5-3-6-10-17)25-15-20(28-2)22(27)21(24-25)19-13-14-23-26(19)18-11-7-4-8-12-18/h3-16H,1-2H3. The molecule has 0 saturated carbocycles. The molecule has 6 heteroatoms. The van der Waals surface area contributed by atoms with Crippen molar-refractivity contribution in [1.82, 2.24) is 19.6 Å². The van der Waals surface area contributed by atoms with Gasteiger partial charge in [-0.05, 0) is 30.7 Å². The number of hydrogen-bond donors (Lipinski definition) is 0. The summed E-state index contributed by atoms with van der Waals surface area (Å²) in [5.41, 5.74) is 2.58. The van der Waals surface area contributed by atoms with Gasteiger partial charge in [-0.2, -0.15) is 10.2 Å². The molecule has 2 aromatic heterocycles. The Kier molecular flexibility index (Phi) is 4.76. The van der Waals surface area contributed by atoms with E-state index in [-0.39, 0.29) is 17.2 Å².